The van der Waals surface area contributed by atoms with Crippen LogP contribution in [0.2, 0.25) is 5.02 Å². The van der Waals surface area contributed by atoms with Crippen LogP contribution in [0.3, 0.4) is 0 Å². The molecule has 1 saturated carbocycles. The van der Waals surface area contributed by atoms with Crippen molar-refractivity contribution in [3.05, 3.63) is 35.4 Å². The van der Waals surface area contributed by atoms with Crippen LogP contribution in [0.5, 0.6) is 0 Å². The van der Waals surface area contributed by atoms with E-state index < -0.39 is 5.82 Å². The molecule has 1 aromatic heterocycles. The van der Waals surface area contributed by atoms with Gasteiger partial charge in [-0.05, 0) is 31.0 Å². The molecule has 2 aromatic rings. The van der Waals surface area contributed by atoms with E-state index in [4.69, 9.17) is 11.6 Å². The molecule has 0 unspecified atom stereocenters. The molecular formula is C11H9ClFN3. The van der Waals surface area contributed by atoms with Crippen molar-refractivity contribution in [2.45, 2.75) is 18.9 Å². The Morgan fingerprint density at radius 1 is 1.38 bits per heavy atom. The second-order valence-electron chi connectivity index (χ2n) is 3.92. The molecule has 1 fully saturated rings. The molecule has 16 heavy (non-hydrogen) atoms. The monoisotopic (exact) mass is 237 g/mol. The molecular weight excluding hydrogens is 229 g/mol. The van der Waals surface area contributed by atoms with E-state index in [0.29, 0.717) is 6.04 Å². The summed E-state index contributed by atoms with van der Waals surface area (Å²) in [7, 11) is 0. The Balaban J connectivity index is 2.07. The first-order chi connectivity index (χ1) is 7.75. The van der Waals surface area contributed by atoms with Crippen molar-refractivity contribution in [1.29, 1.82) is 0 Å². The molecule has 82 valence electrons. The Bertz CT molecular complexity index is 534. The van der Waals surface area contributed by atoms with Gasteiger partial charge in [0, 0.05) is 11.6 Å². The molecule has 0 spiro atoms. The van der Waals surface area contributed by atoms with E-state index in [1.54, 1.807) is 18.5 Å². The summed E-state index contributed by atoms with van der Waals surface area (Å²) in [5.74, 6) is 0.340. The standard InChI is InChI=1S/C11H9ClFN3/c12-9-5-7(1-4-10(9)13)11-15-14-6-16(11)8-2-3-8/h1,4-6,8H,2-3H2. The van der Waals surface area contributed by atoms with E-state index in [1.807, 2.05) is 4.57 Å². The molecule has 0 amide bonds. The number of hydrogen-bond donors (Lipinski definition) is 0. The lowest BCUT2D eigenvalue weighted by atomic mass is 10.2. The van der Waals surface area contributed by atoms with Crippen molar-refractivity contribution in [1.82, 2.24) is 14.8 Å². The van der Waals surface area contributed by atoms with Crippen LogP contribution in [0.15, 0.2) is 24.5 Å². The average molecular weight is 238 g/mol. The number of aromatic nitrogens is 3. The molecule has 0 atom stereocenters. The summed E-state index contributed by atoms with van der Waals surface area (Å²) in [6.07, 6.45) is 4.02. The van der Waals surface area contributed by atoms with Gasteiger partial charge >= 0.3 is 0 Å². The van der Waals surface area contributed by atoms with E-state index >= 15 is 0 Å². The van der Waals surface area contributed by atoms with Gasteiger partial charge in [0.15, 0.2) is 5.82 Å². The second-order valence-corrected chi connectivity index (χ2v) is 4.33. The molecule has 1 aliphatic rings. The Morgan fingerprint density at radius 2 is 2.19 bits per heavy atom. The summed E-state index contributed by atoms with van der Waals surface area (Å²) in [5.41, 5.74) is 0.802. The third kappa shape index (κ3) is 1.59. The Hall–Kier alpha value is -1.42. The molecule has 1 aliphatic carbocycles. The van der Waals surface area contributed by atoms with Gasteiger partial charge in [-0.1, -0.05) is 11.6 Å². The number of rotatable bonds is 2. The summed E-state index contributed by atoms with van der Waals surface area (Å²) in [4.78, 5) is 0. The highest BCUT2D eigenvalue weighted by Crippen LogP contribution is 2.37. The highest BCUT2D eigenvalue weighted by atomic mass is 35.5. The quantitative estimate of drug-likeness (QED) is 0.804. The topological polar surface area (TPSA) is 30.7 Å². The van der Waals surface area contributed by atoms with Crippen LogP contribution in [0.4, 0.5) is 4.39 Å². The molecule has 0 radical (unpaired) electrons. The van der Waals surface area contributed by atoms with Gasteiger partial charge in [-0.25, -0.2) is 4.39 Å². The van der Waals surface area contributed by atoms with Gasteiger partial charge in [-0.2, -0.15) is 0 Å². The largest absolute Gasteiger partial charge is 0.310 e. The maximum Gasteiger partial charge on any atom is 0.164 e. The zero-order valence-corrected chi connectivity index (χ0v) is 9.15. The minimum absolute atomic E-state index is 0.114. The Labute approximate surface area is 96.9 Å². The number of halogens is 2. The zero-order valence-electron chi connectivity index (χ0n) is 8.40. The van der Waals surface area contributed by atoms with Crippen LogP contribution in [0.1, 0.15) is 18.9 Å². The smallest absolute Gasteiger partial charge is 0.164 e. The van der Waals surface area contributed by atoms with Crippen molar-refractivity contribution in [2.75, 3.05) is 0 Å². The molecule has 1 aromatic carbocycles. The minimum Gasteiger partial charge on any atom is -0.310 e. The Morgan fingerprint density at radius 3 is 2.88 bits per heavy atom. The fraction of sp³-hybridized carbons (Fsp3) is 0.273. The first kappa shape index (κ1) is 9.78. The SMILES string of the molecule is Fc1ccc(-c2nncn2C2CC2)cc1Cl. The van der Waals surface area contributed by atoms with Gasteiger partial charge in [0.05, 0.1) is 5.02 Å². The van der Waals surface area contributed by atoms with Crippen molar-refractivity contribution in [3.63, 3.8) is 0 Å². The molecule has 0 bridgehead atoms. The van der Waals surface area contributed by atoms with Gasteiger partial charge in [0.2, 0.25) is 0 Å². The lowest BCUT2D eigenvalue weighted by Crippen LogP contribution is -1.96. The van der Waals surface area contributed by atoms with E-state index in [0.717, 1.165) is 24.2 Å². The fourth-order valence-corrected chi connectivity index (χ4v) is 1.88. The summed E-state index contributed by atoms with van der Waals surface area (Å²) in [6.45, 7) is 0. The van der Waals surface area contributed by atoms with Crippen LogP contribution in [-0.4, -0.2) is 14.8 Å². The third-order valence-corrected chi connectivity index (χ3v) is 2.98. The fourth-order valence-electron chi connectivity index (χ4n) is 1.70. The van der Waals surface area contributed by atoms with Crippen LogP contribution in [0.25, 0.3) is 11.4 Å². The number of benzene rings is 1. The molecule has 3 nitrogen and oxygen atoms in total. The summed E-state index contributed by atoms with van der Waals surface area (Å²) < 4.78 is 15.1. The molecule has 0 N–H and O–H groups in total. The maximum atomic E-state index is 13.0. The number of nitrogens with zero attached hydrogens (tertiary/aromatic N) is 3. The summed E-state index contributed by atoms with van der Waals surface area (Å²) in [5, 5.41) is 8.05. The first-order valence-electron chi connectivity index (χ1n) is 5.10. The van der Waals surface area contributed by atoms with Crippen LogP contribution in [-0.2, 0) is 0 Å². The lowest BCUT2D eigenvalue weighted by molar-refractivity contribution is 0.628. The van der Waals surface area contributed by atoms with Crippen molar-refractivity contribution >= 4 is 11.6 Å². The molecule has 5 heteroatoms. The zero-order chi connectivity index (χ0) is 11.1. The third-order valence-electron chi connectivity index (χ3n) is 2.69. The summed E-state index contributed by atoms with van der Waals surface area (Å²) >= 11 is 5.75. The predicted octanol–water partition coefficient (Wildman–Crippen LogP) is 3.07. The number of hydrogen-bond acceptors (Lipinski definition) is 2. The van der Waals surface area contributed by atoms with Crippen LogP contribution in [0, 0.1) is 5.82 Å². The van der Waals surface area contributed by atoms with Crippen molar-refractivity contribution in [3.8, 4) is 11.4 Å². The summed E-state index contributed by atoms with van der Waals surface area (Å²) in [6, 6.07) is 5.10. The van der Waals surface area contributed by atoms with Gasteiger partial charge < -0.3 is 4.57 Å². The molecule has 0 aliphatic heterocycles. The predicted molar refractivity (Wildman–Crippen MR) is 58.7 cm³/mol. The van der Waals surface area contributed by atoms with E-state index in [2.05, 4.69) is 10.2 Å². The average Bonchev–Trinajstić information content (AvgIpc) is 3.01. The van der Waals surface area contributed by atoms with Gasteiger partial charge in [0.25, 0.3) is 0 Å². The van der Waals surface area contributed by atoms with Gasteiger partial charge in [-0.15, -0.1) is 10.2 Å². The van der Waals surface area contributed by atoms with E-state index in [1.165, 1.54) is 6.07 Å². The van der Waals surface area contributed by atoms with Gasteiger partial charge in [0.1, 0.15) is 12.1 Å². The molecule has 1 heterocycles. The van der Waals surface area contributed by atoms with Gasteiger partial charge in [-0.3, -0.25) is 0 Å². The Kier molecular flexibility index (Phi) is 2.17. The minimum atomic E-state index is -0.414. The highest BCUT2D eigenvalue weighted by Gasteiger charge is 2.26. The normalized spacial score (nSPS) is 15.4. The highest BCUT2D eigenvalue weighted by molar-refractivity contribution is 6.31. The van der Waals surface area contributed by atoms with E-state index in [9.17, 15) is 4.39 Å². The lowest BCUT2D eigenvalue weighted by Gasteiger charge is -2.04. The van der Waals surface area contributed by atoms with Crippen LogP contribution < -0.4 is 0 Å². The van der Waals surface area contributed by atoms with Crippen molar-refractivity contribution < 1.29 is 4.39 Å². The van der Waals surface area contributed by atoms with E-state index in [-0.39, 0.29) is 5.02 Å². The molecule has 3 rings (SSSR count). The maximum absolute atomic E-state index is 13.0. The molecule has 0 saturated heterocycles. The second kappa shape index (κ2) is 3.56. The van der Waals surface area contributed by atoms with Crippen molar-refractivity contribution in [2.24, 2.45) is 0 Å². The first-order valence-corrected chi connectivity index (χ1v) is 5.48. The van der Waals surface area contributed by atoms with Crippen LogP contribution >= 0.6 is 11.6 Å².